The minimum atomic E-state index is -0.274. The smallest absolute Gasteiger partial charge is 0.247 e. The molecule has 0 aliphatic heterocycles. The fourth-order valence-electron chi connectivity index (χ4n) is 1.39. The Labute approximate surface area is 104 Å². The number of hydrogen-bond acceptors (Lipinski definition) is 6. The molecule has 0 aromatic carbocycles. The van der Waals surface area contributed by atoms with Crippen LogP contribution in [0.3, 0.4) is 0 Å². The molecule has 0 saturated carbocycles. The quantitative estimate of drug-likeness (QED) is 0.751. The molecule has 0 radical (unpaired) electrons. The number of hydrogen-bond donors (Lipinski definition) is 0. The Hall–Kier alpha value is -2.50. The van der Waals surface area contributed by atoms with Gasteiger partial charge in [0, 0.05) is 18.0 Å². The Morgan fingerprint density at radius 1 is 1.17 bits per heavy atom. The highest BCUT2D eigenvalue weighted by molar-refractivity contribution is 6.08. The van der Waals surface area contributed by atoms with Crippen molar-refractivity contribution in [3.8, 4) is 11.8 Å². The molecule has 0 amide bonds. The van der Waals surface area contributed by atoms with Crippen LogP contribution in [0.2, 0.25) is 0 Å². The van der Waals surface area contributed by atoms with E-state index in [1.807, 2.05) is 0 Å². The van der Waals surface area contributed by atoms with Crippen molar-refractivity contribution in [1.82, 2.24) is 15.0 Å². The van der Waals surface area contributed by atoms with Crippen LogP contribution in [-0.2, 0) is 0 Å². The third kappa shape index (κ3) is 2.27. The maximum Gasteiger partial charge on any atom is 0.247 e. The van der Waals surface area contributed by atoms with Crippen LogP contribution in [0.4, 0.5) is 0 Å². The number of rotatable bonds is 4. The van der Waals surface area contributed by atoms with Crippen molar-refractivity contribution in [2.45, 2.75) is 0 Å². The van der Waals surface area contributed by atoms with Crippen molar-refractivity contribution >= 4 is 5.78 Å². The number of methoxy groups -OCH3 is 2. The monoisotopic (exact) mass is 245 g/mol. The topological polar surface area (TPSA) is 74.2 Å². The van der Waals surface area contributed by atoms with E-state index in [2.05, 4.69) is 15.0 Å². The van der Waals surface area contributed by atoms with Gasteiger partial charge in [0.05, 0.1) is 20.4 Å². The number of ketones is 1. The number of pyridine rings is 1. The molecule has 0 aliphatic rings. The number of carbonyl (C=O) groups excluding carboxylic acids is 1. The van der Waals surface area contributed by atoms with Gasteiger partial charge in [0.25, 0.3) is 0 Å². The summed E-state index contributed by atoms with van der Waals surface area (Å²) >= 11 is 0. The number of aromatic nitrogens is 3. The first kappa shape index (κ1) is 12.0. The summed E-state index contributed by atoms with van der Waals surface area (Å²) in [4.78, 5) is 24.1. The van der Waals surface area contributed by atoms with E-state index in [9.17, 15) is 4.79 Å². The van der Waals surface area contributed by atoms with Gasteiger partial charge in [-0.1, -0.05) is 0 Å². The second-order valence-corrected chi connectivity index (χ2v) is 3.34. The average molecular weight is 245 g/mol. The molecule has 6 nitrogen and oxygen atoms in total. The normalized spacial score (nSPS) is 9.89. The zero-order chi connectivity index (χ0) is 13.0. The van der Waals surface area contributed by atoms with E-state index < -0.39 is 0 Å². The first-order chi connectivity index (χ1) is 8.76. The number of nitrogens with zero attached hydrogens (tertiary/aromatic N) is 3. The molecule has 18 heavy (non-hydrogen) atoms. The second kappa shape index (κ2) is 5.22. The Kier molecular flexibility index (Phi) is 3.47. The molecule has 0 N–H and O–H groups in total. The minimum Gasteiger partial charge on any atom is -0.480 e. The summed E-state index contributed by atoms with van der Waals surface area (Å²) in [5, 5.41) is 0. The molecule has 92 valence electrons. The molecule has 2 rings (SSSR count). The second-order valence-electron chi connectivity index (χ2n) is 3.34. The van der Waals surface area contributed by atoms with Crippen LogP contribution in [-0.4, -0.2) is 35.0 Å². The lowest BCUT2D eigenvalue weighted by Gasteiger charge is -2.07. The molecule has 2 heterocycles. The Bertz CT molecular complexity index is 558. The molecule has 0 spiro atoms. The Morgan fingerprint density at radius 2 is 1.89 bits per heavy atom. The van der Waals surface area contributed by atoms with Crippen LogP contribution in [0.15, 0.2) is 30.7 Å². The van der Waals surface area contributed by atoms with Gasteiger partial charge in [-0.3, -0.25) is 9.78 Å². The molecular weight excluding hydrogens is 234 g/mol. The van der Waals surface area contributed by atoms with E-state index in [1.54, 1.807) is 12.1 Å². The summed E-state index contributed by atoms with van der Waals surface area (Å²) in [5.41, 5.74) is 0.618. The van der Waals surface area contributed by atoms with Crippen LogP contribution < -0.4 is 9.47 Å². The fraction of sp³-hybridized carbons (Fsp3) is 0.167. The molecule has 0 bridgehead atoms. The van der Waals surface area contributed by atoms with Crippen LogP contribution in [0.25, 0.3) is 0 Å². The summed E-state index contributed by atoms with van der Waals surface area (Å²) in [5.74, 6) is 0.152. The van der Waals surface area contributed by atoms with Crippen LogP contribution in [0, 0.1) is 0 Å². The van der Waals surface area contributed by atoms with Crippen molar-refractivity contribution < 1.29 is 14.3 Å². The standard InChI is InChI=1S/C12H11N3O3/c1-17-9-7-14-10(12(15-9)18-2)11(16)8-3-5-13-6-4-8/h3-7H,1-2H3. The van der Waals surface area contributed by atoms with E-state index >= 15 is 0 Å². The molecule has 0 saturated heterocycles. The van der Waals surface area contributed by atoms with Crippen molar-refractivity contribution in [3.05, 3.63) is 42.0 Å². The summed E-state index contributed by atoms with van der Waals surface area (Å²) in [6, 6.07) is 3.21. The lowest BCUT2D eigenvalue weighted by molar-refractivity contribution is 0.103. The van der Waals surface area contributed by atoms with E-state index in [0.29, 0.717) is 5.56 Å². The van der Waals surface area contributed by atoms with Gasteiger partial charge in [-0.15, -0.1) is 0 Å². The highest BCUT2D eigenvalue weighted by Gasteiger charge is 2.18. The highest BCUT2D eigenvalue weighted by atomic mass is 16.5. The van der Waals surface area contributed by atoms with Crippen LogP contribution >= 0.6 is 0 Å². The van der Waals surface area contributed by atoms with Gasteiger partial charge in [-0.25, -0.2) is 4.98 Å². The van der Waals surface area contributed by atoms with Crippen molar-refractivity contribution in [2.24, 2.45) is 0 Å². The molecule has 2 aromatic rings. The van der Waals surface area contributed by atoms with E-state index in [1.165, 1.54) is 32.8 Å². The molecule has 0 atom stereocenters. The molecule has 0 aliphatic carbocycles. The van der Waals surface area contributed by atoms with Gasteiger partial charge >= 0.3 is 0 Å². The maximum atomic E-state index is 12.2. The first-order valence-corrected chi connectivity index (χ1v) is 5.16. The SMILES string of the molecule is COc1cnc(C(=O)c2ccncc2)c(OC)n1. The van der Waals surface area contributed by atoms with Gasteiger partial charge in [0.15, 0.2) is 5.69 Å². The Morgan fingerprint density at radius 3 is 2.50 bits per heavy atom. The predicted octanol–water partition coefficient (Wildman–Crippen LogP) is 1.12. The van der Waals surface area contributed by atoms with Crippen LogP contribution in [0.5, 0.6) is 11.8 Å². The summed E-state index contributed by atoms with van der Waals surface area (Å²) < 4.78 is 9.96. The van der Waals surface area contributed by atoms with Crippen molar-refractivity contribution in [1.29, 1.82) is 0 Å². The summed E-state index contributed by atoms with van der Waals surface area (Å²) in [6.45, 7) is 0. The Balaban J connectivity index is 2.42. The summed E-state index contributed by atoms with van der Waals surface area (Å²) in [6.07, 6.45) is 4.45. The van der Waals surface area contributed by atoms with Gasteiger partial charge in [-0.2, -0.15) is 4.98 Å². The third-order valence-electron chi connectivity index (χ3n) is 2.28. The molecule has 6 heteroatoms. The number of carbonyl (C=O) groups is 1. The van der Waals surface area contributed by atoms with Crippen molar-refractivity contribution in [3.63, 3.8) is 0 Å². The molecular formula is C12H11N3O3. The van der Waals surface area contributed by atoms with E-state index in [4.69, 9.17) is 9.47 Å². The highest BCUT2D eigenvalue weighted by Crippen LogP contribution is 2.19. The minimum absolute atomic E-state index is 0.135. The lowest BCUT2D eigenvalue weighted by atomic mass is 10.1. The lowest BCUT2D eigenvalue weighted by Crippen LogP contribution is -2.08. The zero-order valence-corrected chi connectivity index (χ0v) is 9.95. The first-order valence-electron chi connectivity index (χ1n) is 5.16. The molecule has 0 unspecified atom stereocenters. The van der Waals surface area contributed by atoms with Gasteiger partial charge in [0.2, 0.25) is 17.5 Å². The molecule has 2 aromatic heterocycles. The summed E-state index contributed by atoms with van der Waals surface area (Å²) in [7, 11) is 2.89. The number of ether oxygens (including phenoxy) is 2. The van der Waals surface area contributed by atoms with Gasteiger partial charge < -0.3 is 9.47 Å². The predicted molar refractivity (Wildman–Crippen MR) is 62.8 cm³/mol. The van der Waals surface area contributed by atoms with Gasteiger partial charge in [0.1, 0.15) is 0 Å². The fourth-order valence-corrected chi connectivity index (χ4v) is 1.39. The zero-order valence-electron chi connectivity index (χ0n) is 9.95. The van der Waals surface area contributed by atoms with Crippen molar-refractivity contribution in [2.75, 3.05) is 14.2 Å². The third-order valence-corrected chi connectivity index (χ3v) is 2.28. The molecule has 0 fully saturated rings. The van der Waals surface area contributed by atoms with Gasteiger partial charge in [-0.05, 0) is 12.1 Å². The van der Waals surface area contributed by atoms with Crippen LogP contribution in [0.1, 0.15) is 16.1 Å². The maximum absolute atomic E-state index is 12.2. The average Bonchev–Trinajstić information content (AvgIpc) is 2.46. The van der Waals surface area contributed by atoms with E-state index in [0.717, 1.165) is 0 Å². The largest absolute Gasteiger partial charge is 0.480 e. The van der Waals surface area contributed by atoms with E-state index in [-0.39, 0.29) is 23.2 Å².